The first-order valence-electron chi connectivity index (χ1n) is 5.48. The van der Waals surface area contributed by atoms with Gasteiger partial charge in [0.1, 0.15) is 6.54 Å². The van der Waals surface area contributed by atoms with Crippen molar-refractivity contribution in [2.45, 2.75) is 6.92 Å². The molecule has 1 aromatic heterocycles. The average Bonchev–Trinajstić information content (AvgIpc) is 2.36. The Bertz CT molecular complexity index is 599. The Morgan fingerprint density at radius 2 is 2.28 bits per heavy atom. The van der Waals surface area contributed by atoms with Crippen molar-refractivity contribution in [1.29, 1.82) is 0 Å². The predicted molar refractivity (Wildman–Crippen MR) is 74.7 cm³/mol. The van der Waals surface area contributed by atoms with Crippen LogP contribution >= 0.6 is 15.9 Å². The topological polar surface area (TPSA) is 51.2 Å². The zero-order valence-electron chi connectivity index (χ0n) is 10.2. The molecule has 0 fully saturated rings. The molecule has 0 atom stereocenters. The molecule has 0 aliphatic rings. The number of carbonyl (C=O) groups is 1. The number of esters is 1. The van der Waals surface area contributed by atoms with E-state index in [2.05, 4.69) is 31.0 Å². The molecule has 1 heterocycles. The molecule has 0 amide bonds. The van der Waals surface area contributed by atoms with Crippen LogP contribution in [0.25, 0.3) is 10.9 Å². The standard InChI is InChI=1S/C13H13BrN2O2/c1-8-6-11(15-7-12(17)18-2)9-4-3-5-10(14)13(9)16-8/h3-6H,7H2,1-2H3,(H,15,16). The Balaban J connectivity index is 2.43. The maximum atomic E-state index is 11.2. The summed E-state index contributed by atoms with van der Waals surface area (Å²) in [5, 5.41) is 4.04. The lowest BCUT2D eigenvalue weighted by molar-refractivity contribution is -0.138. The number of ether oxygens (including phenoxy) is 1. The van der Waals surface area contributed by atoms with E-state index in [1.807, 2.05) is 31.2 Å². The second-order valence-electron chi connectivity index (χ2n) is 3.88. The first-order chi connectivity index (χ1) is 8.61. The van der Waals surface area contributed by atoms with Crippen LogP contribution in [0.5, 0.6) is 0 Å². The monoisotopic (exact) mass is 308 g/mol. The highest BCUT2D eigenvalue weighted by Crippen LogP contribution is 2.28. The summed E-state index contributed by atoms with van der Waals surface area (Å²) in [4.78, 5) is 15.6. The fraction of sp³-hybridized carbons (Fsp3) is 0.231. The zero-order valence-corrected chi connectivity index (χ0v) is 11.7. The maximum absolute atomic E-state index is 11.2. The van der Waals surface area contributed by atoms with Gasteiger partial charge in [0.2, 0.25) is 0 Å². The lowest BCUT2D eigenvalue weighted by atomic mass is 10.1. The van der Waals surface area contributed by atoms with Crippen LogP contribution in [0.1, 0.15) is 5.69 Å². The molecular formula is C13H13BrN2O2. The second-order valence-corrected chi connectivity index (χ2v) is 4.73. The predicted octanol–water partition coefficient (Wildman–Crippen LogP) is 2.89. The molecule has 0 bridgehead atoms. The Hall–Kier alpha value is -1.62. The van der Waals surface area contributed by atoms with Crippen molar-refractivity contribution in [2.24, 2.45) is 0 Å². The van der Waals surface area contributed by atoms with Crippen molar-refractivity contribution in [1.82, 2.24) is 4.98 Å². The van der Waals surface area contributed by atoms with Crippen LogP contribution < -0.4 is 5.32 Å². The summed E-state index contributed by atoms with van der Waals surface area (Å²) in [7, 11) is 1.37. The van der Waals surface area contributed by atoms with Gasteiger partial charge in [-0.15, -0.1) is 0 Å². The zero-order chi connectivity index (χ0) is 13.1. The Kier molecular flexibility index (Phi) is 3.81. The summed E-state index contributed by atoms with van der Waals surface area (Å²) in [6, 6.07) is 7.76. The maximum Gasteiger partial charge on any atom is 0.325 e. The van der Waals surface area contributed by atoms with Gasteiger partial charge in [0.25, 0.3) is 0 Å². The van der Waals surface area contributed by atoms with Crippen LogP contribution in [-0.2, 0) is 9.53 Å². The van der Waals surface area contributed by atoms with Gasteiger partial charge in [-0.1, -0.05) is 12.1 Å². The van der Waals surface area contributed by atoms with Crippen molar-refractivity contribution in [3.8, 4) is 0 Å². The van der Waals surface area contributed by atoms with Gasteiger partial charge in [0.15, 0.2) is 0 Å². The van der Waals surface area contributed by atoms with E-state index in [1.165, 1.54) is 7.11 Å². The quantitative estimate of drug-likeness (QED) is 0.886. The van der Waals surface area contributed by atoms with E-state index in [1.54, 1.807) is 0 Å². The highest BCUT2D eigenvalue weighted by Gasteiger charge is 2.08. The van der Waals surface area contributed by atoms with Crippen LogP contribution in [0, 0.1) is 6.92 Å². The van der Waals surface area contributed by atoms with Gasteiger partial charge >= 0.3 is 5.97 Å². The molecule has 1 aromatic carbocycles. The Morgan fingerprint density at radius 1 is 1.50 bits per heavy atom. The van der Waals surface area contributed by atoms with Crippen LogP contribution in [-0.4, -0.2) is 24.6 Å². The number of halogens is 1. The number of rotatable bonds is 3. The van der Waals surface area contributed by atoms with Crippen molar-refractivity contribution >= 4 is 38.5 Å². The van der Waals surface area contributed by atoms with Gasteiger partial charge in [0, 0.05) is 21.2 Å². The van der Waals surface area contributed by atoms with E-state index < -0.39 is 0 Å². The van der Waals surface area contributed by atoms with Crippen molar-refractivity contribution in [3.63, 3.8) is 0 Å². The number of aromatic nitrogens is 1. The third-order valence-corrected chi connectivity index (χ3v) is 3.21. The molecule has 94 valence electrons. The lowest BCUT2D eigenvalue weighted by Crippen LogP contribution is -2.15. The van der Waals surface area contributed by atoms with Crippen molar-refractivity contribution < 1.29 is 9.53 Å². The van der Waals surface area contributed by atoms with E-state index in [0.29, 0.717) is 0 Å². The number of methoxy groups -OCH3 is 1. The van der Waals surface area contributed by atoms with Crippen LogP contribution in [0.3, 0.4) is 0 Å². The molecule has 0 aliphatic heterocycles. The highest BCUT2D eigenvalue weighted by atomic mass is 79.9. The number of benzene rings is 1. The molecule has 0 radical (unpaired) electrons. The number of carbonyl (C=O) groups excluding carboxylic acids is 1. The number of nitrogens with one attached hydrogen (secondary N) is 1. The minimum atomic E-state index is -0.299. The number of nitrogens with zero attached hydrogens (tertiary/aromatic N) is 1. The molecule has 4 nitrogen and oxygen atoms in total. The average molecular weight is 309 g/mol. The molecule has 2 aromatic rings. The summed E-state index contributed by atoms with van der Waals surface area (Å²) < 4.78 is 5.55. The van der Waals surface area contributed by atoms with E-state index >= 15 is 0 Å². The smallest absolute Gasteiger partial charge is 0.325 e. The summed E-state index contributed by atoms with van der Waals surface area (Å²) in [6.07, 6.45) is 0. The largest absolute Gasteiger partial charge is 0.468 e. The normalized spacial score (nSPS) is 10.4. The van der Waals surface area contributed by atoms with E-state index in [4.69, 9.17) is 0 Å². The van der Waals surface area contributed by atoms with Gasteiger partial charge in [-0.3, -0.25) is 9.78 Å². The molecule has 0 saturated carbocycles. The number of aryl methyl sites for hydroxylation is 1. The van der Waals surface area contributed by atoms with Gasteiger partial charge in [-0.05, 0) is 35.0 Å². The van der Waals surface area contributed by atoms with Crippen molar-refractivity contribution in [3.05, 3.63) is 34.4 Å². The van der Waals surface area contributed by atoms with E-state index in [-0.39, 0.29) is 12.5 Å². The van der Waals surface area contributed by atoms with Crippen LogP contribution in [0.15, 0.2) is 28.7 Å². The molecule has 1 N–H and O–H groups in total. The van der Waals surface area contributed by atoms with E-state index in [9.17, 15) is 4.79 Å². The summed E-state index contributed by atoms with van der Waals surface area (Å²) in [5.41, 5.74) is 2.65. The lowest BCUT2D eigenvalue weighted by Gasteiger charge is -2.10. The third-order valence-electron chi connectivity index (χ3n) is 2.57. The molecule has 0 spiro atoms. The molecule has 0 aliphatic carbocycles. The number of pyridine rings is 1. The summed E-state index contributed by atoms with van der Waals surface area (Å²) in [6.45, 7) is 2.06. The fourth-order valence-corrected chi connectivity index (χ4v) is 2.18. The van der Waals surface area contributed by atoms with Gasteiger partial charge < -0.3 is 10.1 Å². The molecule has 0 saturated heterocycles. The van der Waals surface area contributed by atoms with Gasteiger partial charge in [-0.2, -0.15) is 0 Å². The number of fused-ring (bicyclic) bond motifs is 1. The van der Waals surface area contributed by atoms with Gasteiger partial charge in [0.05, 0.1) is 12.6 Å². The Labute approximate surface area is 113 Å². The first kappa shape index (κ1) is 12.8. The number of hydrogen-bond donors (Lipinski definition) is 1. The van der Waals surface area contributed by atoms with Crippen LogP contribution in [0.2, 0.25) is 0 Å². The first-order valence-corrected chi connectivity index (χ1v) is 6.27. The minimum Gasteiger partial charge on any atom is -0.468 e. The third kappa shape index (κ3) is 2.61. The highest BCUT2D eigenvalue weighted by molar-refractivity contribution is 9.10. The molecule has 0 unspecified atom stereocenters. The number of para-hydroxylation sites is 1. The SMILES string of the molecule is COC(=O)CNc1cc(C)nc2c(Br)cccc12. The van der Waals surface area contributed by atoms with Gasteiger partial charge in [-0.25, -0.2) is 0 Å². The van der Waals surface area contributed by atoms with E-state index in [0.717, 1.165) is 26.8 Å². The molecule has 18 heavy (non-hydrogen) atoms. The fourth-order valence-electron chi connectivity index (χ4n) is 1.73. The molecule has 5 heteroatoms. The Morgan fingerprint density at radius 3 is 3.00 bits per heavy atom. The summed E-state index contributed by atoms with van der Waals surface area (Å²) >= 11 is 3.48. The second kappa shape index (κ2) is 5.35. The van der Waals surface area contributed by atoms with Crippen molar-refractivity contribution in [2.75, 3.05) is 19.0 Å². The minimum absolute atomic E-state index is 0.140. The number of hydrogen-bond acceptors (Lipinski definition) is 4. The molecular weight excluding hydrogens is 296 g/mol. The number of anilines is 1. The van der Waals surface area contributed by atoms with Crippen LogP contribution in [0.4, 0.5) is 5.69 Å². The molecule has 2 rings (SSSR count). The summed E-state index contributed by atoms with van der Waals surface area (Å²) in [5.74, 6) is -0.299.